The molecule has 116 valence electrons. The van der Waals surface area contributed by atoms with Gasteiger partial charge in [0.1, 0.15) is 0 Å². The van der Waals surface area contributed by atoms with Crippen LogP contribution in [0.15, 0.2) is 17.5 Å². The molecule has 7 nitrogen and oxygen atoms in total. The number of carbonyl (C=O) groups excluding carboxylic acids is 2. The molecule has 1 unspecified atom stereocenters. The van der Waals surface area contributed by atoms with Gasteiger partial charge in [0, 0.05) is 13.0 Å². The van der Waals surface area contributed by atoms with E-state index in [4.69, 9.17) is 5.11 Å². The van der Waals surface area contributed by atoms with Crippen LogP contribution >= 0.6 is 11.3 Å². The summed E-state index contributed by atoms with van der Waals surface area (Å²) < 4.78 is 0. The van der Waals surface area contributed by atoms with Crippen LogP contribution in [0.25, 0.3) is 0 Å². The Balaban J connectivity index is 2.17. The summed E-state index contributed by atoms with van der Waals surface area (Å²) in [5.41, 5.74) is -1.98. The van der Waals surface area contributed by atoms with E-state index in [0.717, 1.165) is 6.92 Å². The van der Waals surface area contributed by atoms with Crippen LogP contribution in [0.2, 0.25) is 0 Å². The molecular weight excluding hydrogens is 296 g/mol. The molecule has 4 N–H and O–H groups in total. The molecule has 1 atom stereocenters. The first kappa shape index (κ1) is 17.1. The molecule has 0 spiro atoms. The standard InChI is InChI=1S/C13H18N2O5S/c1-13(20,12(18)19)8-15-10(16)5-2-6-14-11(17)9-4-3-7-21-9/h3-4,7,20H,2,5-6,8H2,1H3,(H,14,17)(H,15,16)(H,18,19). The number of carboxylic acid groups (broad SMARTS) is 1. The second kappa shape index (κ2) is 7.75. The van der Waals surface area contributed by atoms with Crippen molar-refractivity contribution in [2.24, 2.45) is 0 Å². The Morgan fingerprint density at radius 2 is 2.05 bits per heavy atom. The summed E-state index contributed by atoms with van der Waals surface area (Å²) in [6.45, 7) is 1.10. The zero-order chi connectivity index (χ0) is 15.9. The van der Waals surface area contributed by atoms with Gasteiger partial charge in [-0.2, -0.15) is 0 Å². The van der Waals surface area contributed by atoms with Crippen LogP contribution in [-0.4, -0.2) is 46.7 Å². The monoisotopic (exact) mass is 314 g/mol. The van der Waals surface area contributed by atoms with Crippen LogP contribution in [0, 0.1) is 0 Å². The molecule has 0 aromatic carbocycles. The predicted molar refractivity (Wildman–Crippen MR) is 77.2 cm³/mol. The maximum atomic E-state index is 11.6. The maximum absolute atomic E-state index is 11.6. The normalized spacial score (nSPS) is 13.2. The Bertz CT molecular complexity index is 499. The molecule has 1 rings (SSSR count). The molecule has 1 aromatic rings. The summed E-state index contributed by atoms with van der Waals surface area (Å²) in [5, 5.41) is 24.9. The summed E-state index contributed by atoms with van der Waals surface area (Å²) in [7, 11) is 0. The molecule has 0 aliphatic carbocycles. The number of carboxylic acids is 1. The lowest BCUT2D eigenvalue weighted by Crippen LogP contribution is -2.46. The largest absolute Gasteiger partial charge is 0.479 e. The van der Waals surface area contributed by atoms with Gasteiger partial charge in [-0.05, 0) is 24.8 Å². The number of aliphatic carboxylic acids is 1. The van der Waals surface area contributed by atoms with Crippen LogP contribution in [-0.2, 0) is 9.59 Å². The lowest BCUT2D eigenvalue weighted by molar-refractivity contribution is -0.156. The van der Waals surface area contributed by atoms with E-state index < -0.39 is 11.6 Å². The van der Waals surface area contributed by atoms with Crippen molar-refractivity contribution in [3.63, 3.8) is 0 Å². The highest BCUT2D eigenvalue weighted by molar-refractivity contribution is 7.12. The Hall–Kier alpha value is -1.93. The van der Waals surface area contributed by atoms with Gasteiger partial charge in [-0.15, -0.1) is 11.3 Å². The summed E-state index contributed by atoms with van der Waals surface area (Å²) in [4.78, 5) is 34.3. The number of hydrogen-bond donors (Lipinski definition) is 4. The number of rotatable bonds is 8. The second-order valence-corrected chi connectivity index (χ2v) is 5.64. The van der Waals surface area contributed by atoms with Gasteiger partial charge in [-0.1, -0.05) is 6.07 Å². The van der Waals surface area contributed by atoms with E-state index in [1.807, 2.05) is 0 Å². The van der Waals surface area contributed by atoms with Crippen molar-refractivity contribution < 1.29 is 24.6 Å². The van der Waals surface area contributed by atoms with E-state index in [9.17, 15) is 19.5 Å². The van der Waals surface area contributed by atoms with Crippen molar-refractivity contribution in [2.45, 2.75) is 25.4 Å². The van der Waals surface area contributed by atoms with Crippen LogP contribution < -0.4 is 10.6 Å². The molecule has 0 saturated carbocycles. The number of thiophene rings is 1. The molecule has 0 fully saturated rings. The van der Waals surface area contributed by atoms with Gasteiger partial charge in [-0.25, -0.2) is 4.79 Å². The molecule has 0 aliphatic rings. The average molecular weight is 314 g/mol. The first-order valence-electron chi connectivity index (χ1n) is 6.37. The molecule has 1 aromatic heterocycles. The van der Waals surface area contributed by atoms with Gasteiger partial charge >= 0.3 is 5.97 Å². The fourth-order valence-corrected chi connectivity index (χ4v) is 2.02. The van der Waals surface area contributed by atoms with Crippen molar-refractivity contribution in [1.82, 2.24) is 10.6 Å². The number of hydrogen-bond acceptors (Lipinski definition) is 5. The van der Waals surface area contributed by atoms with E-state index in [-0.39, 0.29) is 24.8 Å². The van der Waals surface area contributed by atoms with Crippen LogP contribution in [0.3, 0.4) is 0 Å². The van der Waals surface area contributed by atoms with E-state index in [0.29, 0.717) is 17.8 Å². The number of carbonyl (C=O) groups is 3. The van der Waals surface area contributed by atoms with E-state index in [1.165, 1.54) is 11.3 Å². The minimum Gasteiger partial charge on any atom is -0.479 e. The van der Waals surface area contributed by atoms with Crippen LogP contribution in [0.1, 0.15) is 29.4 Å². The van der Waals surface area contributed by atoms with Crippen molar-refractivity contribution >= 4 is 29.1 Å². The Morgan fingerprint density at radius 3 is 2.62 bits per heavy atom. The zero-order valence-electron chi connectivity index (χ0n) is 11.6. The number of nitrogens with one attached hydrogen (secondary N) is 2. The quantitative estimate of drug-likeness (QED) is 0.512. The highest BCUT2D eigenvalue weighted by Crippen LogP contribution is 2.07. The molecule has 0 bridgehead atoms. The third kappa shape index (κ3) is 5.92. The fourth-order valence-electron chi connectivity index (χ4n) is 1.38. The fraction of sp³-hybridized carbons (Fsp3) is 0.462. The molecule has 0 saturated heterocycles. The Morgan fingerprint density at radius 1 is 1.33 bits per heavy atom. The van der Waals surface area contributed by atoms with Gasteiger partial charge in [0.2, 0.25) is 5.91 Å². The summed E-state index contributed by atoms with van der Waals surface area (Å²) in [6, 6.07) is 3.49. The molecule has 0 aliphatic heterocycles. The third-order valence-electron chi connectivity index (χ3n) is 2.70. The van der Waals surface area contributed by atoms with Gasteiger partial charge in [-0.3, -0.25) is 9.59 Å². The van der Waals surface area contributed by atoms with Crippen LogP contribution in [0.5, 0.6) is 0 Å². The molecule has 21 heavy (non-hydrogen) atoms. The molecule has 8 heteroatoms. The van der Waals surface area contributed by atoms with Gasteiger partial charge in [0.15, 0.2) is 5.60 Å². The highest BCUT2D eigenvalue weighted by atomic mass is 32.1. The summed E-state index contributed by atoms with van der Waals surface area (Å²) >= 11 is 1.33. The summed E-state index contributed by atoms with van der Waals surface area (Å²) in [6.07, 6.45) is 0.568. The summed E-state index contributed by atoms with van der Waals surface area (Å²) in [5.74, 6) is -1.95. The van der Waals surface area contributed by atoms with Gasteiger partial charge in [0.25, 0.3) is 5.91 Å². The first-order valence-corrected chi connectivity index (χ1v) is 7.25. The average Bonchev–Trinajstić information content (AvgIpc) is 2.95. The lowest BCUT2D eigenvalue weighted by atomic mass is 10.1. The zero-order valence-corrected chi connectivity index (χ0v) is 12.4. The van der Waals surface area contributed by atoms with E-state index in [2.05, 4.69) is 10.6 Å². The van der Waals surface area contributed by atoms with Crippen molar-refractivity contribution in [2.75, 3.05) is 13.1 Å². The lowest BCUT2D eigenvalue weighted by Gasteiger charge is -2.18. The minimum absolute atomic E-state index is 0.139. The van der Waals surface area contributed by atoms with E-state index in [1.54, 1.807) is 17.5 Å². The Labute approximate surface area is 126 Å². The minimum atomic E-state index is -1.98. The van der Waals surface area contributed by atoms with Crippen molar-refractivity contribution in [3.05, 3.63) is 22.4 Å². The smallest absolute Gasteiger partial charge is 0.337 e. The van der Waals surface area contributed by atoms with Crippen molar-refractivity contribution in [3.8, 4) is 0 Å². The van der Waals surface area contributed by atoms with E-state index >= 15 is 0 Å². The topological polar surface area (TPSA) is 116 Å². The number of amides is 2. The molecule has 0 radical (unpaired) electrons. The third-order valence-corrected chi connectivity index (χ3v) is 3.57. The van der Waals surface area contributed by atoms with Gasteiger partial charge < -0.3 is 20.8 Å². The predicted octanol–water partition coefficient (Wildman–Crippen LogP) is 0.210. The molecular formula is C13H18N2O5S. The molecule has 2 amide bonds. The number of aliphatic hydroxyl groups is 1. The van der Waals surface area contributed by atoms with Gasteiger partial charge in [0.05, 0.1) is 11.4 Å². The SMILES string of the molecule is CC(O)(CNC(=O)CCCNC(=O)c1cccs1)C(=O)O. The van der Waals surface area contributed by atoms with Crippen molar-refractivity contribution in [1.29, 1.82) is 0 Å². The Kier molecular flexibility index (Phi) is 6.32. The second-order valence-electron chi connectivity index (χ2n) is 4.69. The highest BCUT2D eigenvalue weighted by Gasteiger charge is 2.30. The molecule has 1 heterocycles. The van der Waals surface area contributed by atoms with Crippen LogP contribution in [0.4, 0.5) is 0 Å². The maximum Gasteiger partial charge on any atom is 0.337 e. The first-order chi connectivity index (χ1) is 9.83.